The van der Waals surface area contributed by atoms with Crippen LogP contribution in [0.2, 0.25) is 0 Å². The molecule has 1 aliphatic carbocycles. The quantitative estimate of drug-likeness (QED) is 0.856. The Kier molecular flexibility index (Phi) is 4.39. The van der Waals surface area contributed by atoms with Crippen LogP contribution in [0.5, 0.6) is 0 Å². The maximum atomic E-state index is 15.3. The van der Waals surface area contributed by atoms with Crippen molar-refractivity contribution in [2.75, 3.05) is 6.54 Å². The van der Waals surface area contributed by atoms with Crippen molar-refractivity contribution in [1.29, 1.82) is 0 Å². The minimum atomic E-state index is -1.34. The van der Waals surface area contributed by atoms with Gasteiger partial charge in [0.1, 0.15) is 0 Å². The number of benzene rings is 1. The normalized spacial score (nSPS) is 27.7. The van der Waals surface area contributed by atoms with E-state index in [1.54, 1.807) is 0 Å². The minimum Gasteiger partial charge on any atom is -0.327 e. The number of rotatable bonds is 4. The highest BCUT2D eigenvalue weighted by molar-refractivity contribution is 5.24. The van der Waals surface area contributed by atoms with Crippen LogP contribution >= 0.6 is 0 Å². The Balaban J connectivity index is 2.21. The van der Waals surface area contributed by atoms with Crippen molar-refractivity contribution in [3.05, 3.63) is 35.9 Å². The van der Waals surface area contributed by atoms with Gasteiger partial charge in [-0.15, -0.1) is 0 Å². The van der Waals surface area contributed by atoms with Crippen LogP contribution in [0.25, 0.3) is 0 Å². The summed E-state index contributed by atoms with van der Waals surface area (Å²) in [5, 5.41) is 0. The average Bonchev–Trinajstić information content (AvgIpc) is 2.47. The Bertz CT molecular complexity index is 365. The first kappa shape index (κ1) is 13.5. The van der Waals surface area contributed by atoms with Crippen molar-refractivity contribution < 1.29 is 4.39 Å². The summed E-state index contributed by atoms with van der Waals surface area (Å²) >= 11 is 0. The second-order valence-electron chi connectivity index (χ2n) is 5.57. The molecule has 2 heteroatoms. The molecule has 18 heavy (non-hydrogen) atoms. The Morgan fingerprint density at radius 1 is 1.28 bits per heavy atom. The second kappa shape index (κ2) is 5.83. The zero-order valence-electron chi connectivity index (χ0n) is 11.2. The molecule has 1 aliphatic rings. The molecule has 0 heterocycles. The Morgan fingerprint density at radius 3 is 2.61 bits per heavy atom. The molecule has 3 unspecified atom stereocenters. The first-order valence-corrected chi connectivity index (χ1v) is 7.15. The van der Waals surface area contributed by atoms with E-state index in [0.717, 1.165) is 31.2 Å². The van der Waals surface area contributed by atoms with E-state index in [-0.39, 0.29) is 12.5 Å². The number of hydrogen-bond acceptors (Lipinski definition) is 1. The third-order valence-electron chi connectivity index (χ3n) is 4.56. The third kappa shape index (κ3) is 2.59. The Labute approximate surface area is 110 Å². The predicted molar refractivity (Wildman–Crippen MR) is 74.0 cm³/mol. The van der Waals surface area contributed by atoms with E-state index >= 15 is 4.39 Å². The SMILES string of the molecule is CCC1CCCC(C(F)(CN)c2ccccc2)C1. The lowest BCUT2D eigenvalue weighted by atomic mass is 9.70. The van der Waals surface area contributed by atoms with Crippen molar-refractivity contribution in [1.82, 2.24) is 0 Å². The summed E-state index contributed by atoms with van der Waals surface area (Å²) < 4.78 is 15.3. The van der Waals surface area contributed by atoms with E-state index in [0.29, 0.717) is 5.92 Å². The average molecular weight is 249 g/mol. The Hall–Kier alpha value is -0.890. The maximum absolute atomic E-state index is 15.3. The van der Waals surface area contributed by atoms with Crippen LogP contribution in [0.3, 0.4) is 0 Å². The summed E-state index contributed by atoms with van der Waals surface area (Å²) in [5.41, 5.74) is 5.20. The number of nitrogens with two attached hydrogens (primary N) is 1. The first-order chi connectivity index (χ1) is 8.70. The van der Waals surface area contributed by atoms with Crippen LogP contribution in [-0.4, -0.2) is 6.54 Å². The summed E-state index contributed by atoms with van der Waals surface area (Å²) in [6, 6.07) is 9.49. The maximum Gasteiger partial charge on any atom is 0.150 e. The van der Waals surface area contributed by atoms with Gasteiger partial charge in [-0.2, -0.15) is 0 Å². The van der Waals surface area contributed by atoms with E-state index in [9.17, 15) is 0 Å². The summed E-state index contributed by atoms with van der Waals surface area (Å²) in [5.74, 6) is 0.762. The highest BCUT2D eigenvalue weighted by atomic mass is 19.1. The van der Waals surface area contributed by atoms with Gasteiger partial charge in [0.15, 0.2) is 5.67 Å². The van der Waals surface area contributed by atoms with E-state index in [2.05, 4.69) is 6.92 Å². The topological polar surface area (TPSA) is 26.0 Å². The number of halogens is 1. The highest BCUT2D eigenvalue weighted by Gasteiger charge is 2.41. The second-order valence-corrected chi connectivity index (χ2v) is 5.57. The van der Waals surface area contributed by atoms with Crippen LogP contribution in [0.1, 0.15) is 44.6 Å². The first-order valence-electron chi connectivity index (χ1n) is 7.15. The van der Waals surface area contributed by atoms with Gasteiger partial charge in [-0.25, -0.2) is 4.39 Å². The van der Waals surface area contributed by atoms with E-state index in [1.807, 2.05) is 30.3 Å². The molecular formula is C16H24FN. The van der Waals surface area contributed by atoms with Gasteiger partial charge in [-0.1, -0.05) is 56.5 Å². The van der Waals surface area contributed by atoms with Gasteiger partial charge in [-0.3, -0.25) is 0 Å². The molecule has 0 aromatic heterocycles. The molecular weight excluding hydrogens is 225 g/mol. The molecule has 0 spiro atoms. The minimum absolute atomic E-state index is 0.0867. The largest absolute Gasteiger partial charge is 0.327 e. The molecule has 0 amide bonds. The van der Waals surface area contributed by atoms with Crippen LogP contribution in [-0.2, 0) is 5.67 Å². The zero-order chi connectivity index (χ0) is 13.0. The van der Waals surface area contributed by atoms with Gasteiger partial charge < -0.3 is 5.73 Å². The lowest BCUT2D eigenvalue weighted by Gasteiger charge is -2.38. The molecule has 1 aromatic carbocycles. The lowest BCUT2D eigenvalue weighted by Crippen LogP contribution is -2.40. The lowest BCUT2D eigenvalue weighted by molar-refractivity contribution is 0.0443. The van der Waals surface area contributed by atoms with Gasteiger partial charge in [0.25, 0.3) is 0 Å². The van der Waals surface area contributed by atoms with Gasteiger partial charge in [0.2, 0.25) is 0 Å². The van der Waals surface area contributed by atoms with Crippen LogP contribution < -0.4 is 5.73 Å². The summed E-state index contributed by atoms with van der Waals surface area (Å²) in [4.78, 5) is 0. The number of alkyl halides is 1. The predicted octanol–water partition coefficient (Wildman–Crippen LogP) is 4.03. The molecule has 1 nitrogen and oxygen atoms in total. The van der Waals surface area contributed by atoms with Crippen LogP contribution in [0.15, 0.2) is 30.3 Å². The molecule has 0 radical (unpaired) electrons. The monoisotopic (exact) mass is 249 g/mol. The fourth-order valence-corrected chi connectivity index (χ4v) is 3.31. The van der Waals surface area contributed by atoms with Crippen molar-refractivity contribution in [2.24, 2.45) is 17.6 Å². The van der Waals surface area contributed by atoms with Gasteiger partial charge in [0.05, 0.1) is 0 Å². The van der Waals surface area contributed by atoms with E-state index in [4.69, 9.17) is 5.73 Å². The van der Waals surface area contributed by atoms with Crippen LogP contribution in [0, 0.1) is 11.8 Å². The zero-order valence-corrected chi connectivity index (χ0v) is 11.2. The van der Waals surface area contributed by atoms with Crippen molar-refractivity contribution in [3.8, 4) is 0 Å². The molecule has 0 bridgehead atoms. The number of hydrogen-bond donors (Lipinski definition) is 1. The molecule has 0 aliphatic heterocycles. The molecule has 0 saturated heterocycles. The van der Waals surface area contributed by atoms with Crippen molar-refractivity contribution in [3.63, 3.8) is 0 Å². The van der Waals surface area contributed by atoms with Crippen molar-refractivity contribution in [2.45, 2.75) is 44.7 Å². The summed E-state index contributed by atoms with van der Waals surface area (Å²) in [7, 11) is 0. The summed E-state index contributed by atoms with van der Waals surface area (Å²) in [6.07, 6.45) is 5.51. The smallest absolute Gasteiger partial charge is 0.150 e. The van der Waals surface area contributed by atoms with E-state index < -0.39 is 5.67 Å². The molecule has 1 aromatic rings. The van der Waals surface area contributed by atoms with E-state index in [1.165, 1.54) is 6.42 Å². The van der Waals surface area contributed by atoms with Gasteiger partial charge in [-0.05, 0) is 30.2 Å². The molecule has 100 valence electrons. The van der Waals surface area contributed by atoms with Crippen LogP contribution in [0.4, 0.5) is 4.39 Å². The molecule has 2 N–H and O–H groups in total. The Morgan fingerprint density at radius 2 is 2.00 bits per heavy atom. The third-order valence-corrected chi connectivity index (χ3v) is 4.56. The fraction of sp³-hybridized carbons (Fsp3) is 0.625. The molecule has 2 rings (SSSR count). The standard InChI is InChI=1S/C16H24FN/c1-2-13-7-6-10-15(11-13)16(17,12-18)14-8-4-3-5-9-14/h3-5,8-9,13,15H,2,6-7,10-12,18H2,1H3. The van der Waals surface area contributed by atoms with Gasteiger partial charge in [0, 0.05) is 6.54 Å². The molecule has 3 atom stereocenters. The van der Waals surface area contributed by atoms with Crippen molar-refractivity contribution >= 4 is 0 Å². The van der Waals surface area contributed by atoms with Gasteiger partial charge >= 0.3 is 0 Å². The molecule has 1 saturated carbocycles. The molecule has 1 fully saturated rings. The summed E-state index contributed by atoms with van der Waals surface area (Å²) in [6.45, 7) is 2.30. The highest BCUT2D eigenvalue weighted by Crippen LogP contribution is 2.44. The fourth-order valence-electron chi connectivity index (χ4n) is 3.31.